The van der Waals surface area contributed by atoms with E-state index in [0.29, 0.717) is 6.61 Å². The molecule has 4 unspecified atom stereocenters. The van der Waals surface area contributed by atoms with Gasteiger partial charge in [-0.1, -0.05) is 20.3 Å². The van der Waals surface area contributed by atoms with Crippen LogP contribution in [0.1, 0.15) is 53.9 Å². The van der Waals surface area contributed by atoms with E-state index < -0.39 is 6.04 Å². The van der Waals surface area contributed by atoms with Crippen LogP contribution < -0.4 is 5.32 Å². The molecule has 2 heterocycles. The minimum Gasteiger partial charge on any atom is -0.375 e. The van der Waals surface area contributed by atoms with Crippen LogP contribution in [0.25, 0.3) is 0 Å². The average Bonchev–Trinajstić information content (AvgIpc) is 2.41. The third kappa shape index (κ3) is 3.23. The first-order valence-corrected chi connectivity index (χ1v) is 8.03. The Hall–Kier alpha value is -1.10. The zero-order chi connectivity index (χ0) is 15.8. The largest absolute Gasteiger partial charge is 0.375 e. The molecule has 5 heteroatoms. The van der Waals surface area contributed by atoms with Gasteiger partial charge in [0, 0.05) is 12.6 Å². The van der Waals surface area contributed by atoms with Crippen LogP contribution in [-0.4, -0.2) is 47.0 Å². The summed E-state index contributed by atoms with van der Waals surface area (Å²) in [5.41, 5.74) is -0.233. The quantitative estimate of drug-likeness (QED) is 0.862. The molecule has 0 saturated carbocycles. The topological polar surface area (TPSA) is 58.6 Å². The maximum atomic E-state index is 12.9. The van der Waals surface area contributed by atoms with Gasteiger partial charge in [0.05, 0.1) is 5.60 Å². The van der Waals surface area contributed by atoms with Gasteiger partial charge in [0.25, 0.3) is 0 Å². The van der Waals surface area contributed by atoms with Gasteiger partial charge in [-0.15, -0.1) is 0 Å². The van der Waals surface area contributed by atoms with E-state index in [1.165, 1.54) is 0 Å². The third-order valence-corrected chi connectivity index (χ3v) is 4.89. The van der Waals surface area contributed by atoms with Crippen molar-refractivity contribution in [3.05, 3.63) is 0 Å². The zero-order valence-electron chi connectivity index (χ0n) is 13.8. The third-order valence-electron chi connectivity index (χ3n) is 4.89. The van der Waals surface area contributed by atoms with Gasteiger partial charge in [0.1, 0.15) is 12.1 Å². The molecule has 4 atom stereocenters. The lowest BCUT2D eigenvalue weighted by atomic mass is 9.88. The number of amides is 2. The highest BCUT2D eigenvalue weighted by atomic mass is 16.5. The zero-order valence-corrected chi connectivity index (χ0v) is 13.8. The lowest BCUT2D eigenvalue weighted by Gasteiger charge is -2.47. The van der Waals surface area contributed by atoms with Crippen LogP contribution in [0, 0.1) is 5.92 Å². The van der Waals surface area contributed by atoms with Crippen LogP contribution in [0.3, 0.4) is 0 Å². The molecule has 0 aliphatic carbocycles. The molecule has 0 spiro atoms. The highest BCUT2D eigenvalue weighted by molar-refractivity contribution is 5.97. The normalized spacial score (nSPS) is 34.5. The van der Waals surface area contributed by atoms with Gasteiger partial charge in [-0.3, -0.25) is 9.59 Å². The van der Waals surface area contributed by atoms with E-state index >= 15 is 0 Å². The summed E-state index contributed by atoms with van der Waals surface area (Å²) in [5.74, 6) is 0.188. The van der Waals surface area contributed by atoms with Crippen LogP contribution in [0.5, 0.6) is 0 Å². The molecule has 5 nitrogen and oxygen atoms in total. The highest BCUT2D eigenvalue weighted by Gasteiger charge is 2.45. The number of carbonyl (C=O) groups is 2. The fraction of sp³-hybridized carbons (Fsp3) is 0.875. The van der Waals surface area contributed by atoms with Crippen molar-refractivity contribution in [2.24, 2.45) is 5.92 Å². The van der Waals surface area contributed by atoms with Crippen molar-refractivity contribution in [1.29, 1.82) is 0 Å². The maximum absolute atomic E-state index is 12.9. The molecule has 2 aliphatic heterocycles. The number of carbonyl (C=O) groups excluding carboxylic acids is 2. The SMILES string of the molecule is CCC(C)C1NC(=O)C(C)N(C2CCOC(C)(C)C2)C1=O. The van der Waals surface area contributed by atoms with Crippen molar-refractivity contribution in [1.82, 2.24) is 10.2 Å². The van der Waals surface area contributed by atoms with Gasteiger partial charge < -0.3 is 15.0 Å². The van der Waals surface area contributed by atoms with E-state index in [0.717, 1.165) is 19.3 Å². The molecule has 120 valence electrons. The molecule has 2 fully saturated rings. The molecule has 2 aliphatic rings. The van der Waals surface area contributed by atoms with Crippen LogP contribution in [0.4, 0.5) is 0 Å². The summed E-state index contributed by atoms with van der Waals surface area (Å²) in [6, 6.07) is -0.685. The smallest absolute Gasteiger partial charge is 0.246 e. The van der Waals surface area contributed by atoms with E-state index in [9.17, 15) is 9.59 Å². The van der Waals surface area contributed by atoms with Gasteiger partial charge in [-0.05, 0) is 39.5 Å². The second-order valence-corrected chi connectivity index (χ2v) is 7.05. The number of hydrogen-bond donors (Lipinski definition) is 1. The van der Waals surface area contributed by atoms with Crippen molar-refractivity contribution in [2.45, 2.75) is 77.6 Å². The number of hydrogen-bond acceptors (Lipinski definition) is 3. The van der Waals surface area contributed by atoms with Crippen molar-refractivity contribution in [2.75, 3.05) is 6.61 Å². The summed E-state index contributed by atoms with van der Waals surface area (Å²) in [4.78, 5) is 26.9. The molecule has 0 radical (unpaired) electrons. The minimum absolute atomic E-state index is 0.0378. The van der Waals surface area contributed by atoms with Crippen LogP contribution in [-0.2, 0) is 14.3 Å². The van der Waals surface area contributed by atoms with Crippen molar-refractivity contribution < 1.29 is 14.3 Å². The summed E-state index contributed by atoms with van der Waals surface area (Å²) in [6.07, 6.45) is 2.46. The molecular formula is C16H28N2O3. The Morgan fingerprint density at radius 1 is 1.43 bits per heavy atom. The Balaban J connectivity index is 2.22. The van der Waals surface area contributed by atoms with Crippen molar-refractivity contribution in [3.63, 3.8) is 0 Å². The van der Waals surface area contributed by atoms with Gasteiger partial charge in [0.15, 0.2) is 0 Å². The summed E-state index contributed by atoms with van der Waals surface area (Å²) in [7, 11) is 0. The fourth-order valence-electron chi connectivity index (χ4n) is 3.37. The lowest BCUT2D eigenvalue weighted by molar-refractivity contribution is -0.159. The minimum atomic E-state index is -0.392. The highest BCUT2D eigenvalue weighted by Crippen LogP contribution is 2.31. The second-order valence-electron chi connectivity index (χ2n) is 7.05. The number of rotatable bonds is 3. The Bertz CT molecular complexity index is 422. The molecule has 2 amide bonds. The first-order chi connectivity index (χ1) is 9.76. The molecular weight excluding hydrogens is 268 g/mol. The molecule has 1 N–H and O–H groups in total. The predicted molar refractivity (Wildman–Crippen MR) is 80.7 cm³/mol. The first-order valence-electron chi connectivity index (χ1n) is 8.03. The van der Waals surface area contributed by atoms with Crippen molar-refractivity contribution in [3.8, 4) is 0 Å². The van der Waals surface area contributed by atoms with E-state index in [-0.39, 0.29) is 35.4 Å². The molecule has 0 aromatic heterocycles. The Morgan fingerprint density at radius 3 is 2.67 bits per heavy atom. The van der Waals surface area contributed by atoms with Crippen molar-refractivity contribution >= 4 is 11.8 Å². The monoisotopic (exact) mass is 296 g/mol. The predicted octanol–water partition coefficient (Wildman–Crippen LogP) is 1.71. The number of nitrogens with one attached hydrogen (secondary N) is 1. The maximum Gasteiger partial charge on any atom is 0.246 e. The van der Waals surface area contributed by atoms with Crippen LogP contribution in [0.2, 0.25) is 0 Å². The van der Waals surface area contributed by atoms with E-state index in [4.69, 9.17) is 4.74 Å². The van der Waals surface area contributed by atoms with E-state index in [1.54, 1.807) is 0 Å². The molecule has 0 aromatic carbocycles. The van der Waals surface area contributed by atoms with Gasteiger partial charge in [0.2, 0.25) is 11.8 Å². The molecule has 2 saturated heterocycles. The number of nitrogens with zero attached hydrogens (tertiary/aromatic N) is 1. The first kappa shape index (κ1) is 16.3. The van der Waals surface area contributed by atoms with Crippen LogP contribution >= 0.6 is 0 Å². The van der Waals surface area contributed by atoms with E-state index in [1.807, 2.05) is 39.5 Å². The summed E-state index contributed by atoms with van der Waals surface area (Å²) < 4.78 is 5.74. The number of ether oxygens (including phenoxy) is 1. The van der Waals surface area contributed by atoms with Crippen LogP contribution in [0.15, 0.2) is 0 Å². The molecule has 0 bridgehead atoms. The van der Waals surface area contributed by atoms with Gasteiger partial charge >= 0.3 is 0 Å². The second kappa shape index (κ2) is 5.95. The van der Waals surface area contributed by atoms with Gasteiger partial charge in [-0.2, -0.15) is 0 Å². The fourth-order valence-corrected chi connectivity index (χ4v) is 3.37. The Labute approximate surface area is 127 Å². The summed E-state index contributed by atoms with van der Waals surface area (Å²) in [5, 5.41) is 2.89. The average molecular weight is 296 g/mol. The molecule has 21 heavy (non-hydrogen) atoms. The number of piperazine rings is 1. The lowest BCUT2D eigenvalue weighted by Crippen LogP contribution is -2.67. The Morgan fingerprint density at radius 2 is 2.10 bits per heavy atom. The molecule has 2 rings (SSSR count). The summed E-state index contributed by atoms with van der Waals surface area (Å²) >= 11 is 0. The Kier molecular flexibility index (Phi) is 4.61. The summed E-state index contributed by atoms with van der Waals surface area (Å²) in [6.45, 7) is 10.6. The van der Waals surface area contributed by atoms with Gasteiger partial charge in [-0.25, -0.2) is 0 Å². The molecule has 0 aromatic rings. The van der Waals surface area contributed by atoms with E-state index in [2.05, 4.69) is 5.32 Å². The standard InChI is InChI=1S/C16H28N2O3/c1-6-10(2)13-15(20)18(11(3)14(19)17-13)12-7-8-21-16(4,5)9-12/h10-13H,6-9H2,1-5H3,(H,17,19).